The van der Waals surface area contributed by atoms with Crippen molar-refractivity contribution in [1.82, 2.24) is 5.32 Å². The van der Waals surface area contributed by atoms with Crippen LogP contribution in [-0.2, 0) is 9.59 Å². The molecule has 3 N–H and O–H groups in total. The summed E-state index contributed by atoms with van der Waals surface area (Å²) >= 11 is 0. The molecule has 5 heteroatoms. The number of carboxylic acids is 1. The van der Waals surface area contributed by atoms with Gasteiger partial charge in [-0.25, -0.2) is 0 Å². The van der Waals surface area contributed by atoms with E-state index in [1.807, 2.05) is 0 Å². The second-order valence-electron chi connectivity index (χ2n) is 6.27. The molecule has 0 heterocycles. The standard InChI is InChI=1S/C15H25NO4/c17-11-5-3-4-10(8-11)9-16-14(18)12-6-1-2-7-13(12)15(19)20/h10-13,17H,1-9H2,(H,16,18)(H,19,20). The van der Waals surface area contributed by atoms with Crippen molar-refractivity contribution in [3.05, 3.63) is 0 Å². The van der Waals surface area contributed by atoms with Crippen molar-refractivity contribution >= 4 is 11.9 Å². The summed E-state index contributed by atoms with van der Waals surface area (Å²) in [6.45, 7) is 0.568. The summed E-state index contributed by atoms with van der Waals surface area (Å²) in [6, 6.07) is 0. The zero-order valence-corrected chi connectivity index (χ0v) is 11.9. The summed E-state index contributed by atoms with van der Waals surface area (Å²) < 4.78 is 0. The molecule has 2 saturated carbocycles. The van der Waals surface area contributed by atoms with E-state index in [4.69, 9.17) is 0 Å². The maximum atomic E-state index is 12.2. The normalized spacial score (nSPS) is 34.5. The first kappa shape index (κ1) is 15.3. The number of carboxylic acid groups (broad SMARTS) is 1. The van der Waals surface area contributed by atoms with Crippen molar-refractivity contribution < 1.29 is 19.8 Å². The molecule has 0 aliphatic heterocycles. The predicted molar refractivity (Wildman–Crippen MR) is 74.1 cm³/mol. The molecule has 5 nitrogen and oxygen atoms in total. The third kappa shape index (κ3) is 3.95. The summed E-state index contributed by atoms with van der Waals surface area (Å²) in [5.41, 5.74) is 0. The number of carbonyl (C=O) groups is 2. The van der Waals surface area contributed by atoms with Gasteiger partial charge in [0.05, 0.1) is 17.9 Å². The predicted octanol–water partition coefficient (Wildman–Crippen LogP) is 1.54. The van der Waals surface area contributed by atoms with E-state index in [0.29, 0.717) is 25.3 Å². The SMILES string of the molecule is O=C(O)C1CCCCC1C(=O)NCC1CCCC(O)C1. The average Bonchev–Trinajstić information content (AvgIpc) is 2.45. The Labute approximate surface area is 119 Å². The Morgan fingerprint density at radius 2 is 1.70 bits per heavy atom. The lowest BCUT2D eigenvalue weighted by Gasteiger charge is -2.29. The van der Waals surface area contributed by atoms with E-state index >= 15 is 0 Å². The van der Waals surface area contributed by atoms with E-state index in [9.17, 15) is 19.8 Å². The third-order valence-corrected chi connectivity index (χ3v) is 4.74. The Balaban J connectivity index is 1.82. The van der Waals surface area contributed by atoms with Crippen LogP contribution in [0.2, 0.25) is 0 Å². The number of aliphatic carboxylic acids is 1. The minimum Gasteiger partial charge on any atom is -0.481 e. The van der Waals surface area contributed by atoms with Gasteiger partial charge in [-0.05, 0) is 38.0 Å². The van der Waals surface area contributed by atoms with Crippen LogP contribution in [0.1, 0.15) is 51.4 Å². The lowest BCUT2D eigenvalue weighted by Crippen LogP contribution is -2.42. The topological polar surface area (TPSA) is 86.6 Å². The molecule has 2 fully saturated rings. The molecule has 0 aromatic carbocycles. The number of hydrogen-bond acceptors (Lipinski definition) is 3. The molecular weight excluding hydrogens is 258 g/mol. The minimum absolute atomic E-state index is 0.114. The van der Waals surface area contributed by atoms with Crippen LogP contribution in [0, 0.1) is 17.8 Å². The highest BCUT2D eigenvalue weighted by molar-refractivity contribution is 5.84. The lowest BCUT2D eigenvalue weighted by atomic mass is 9.78. The molecule has 4 atom stereocenters. The number of carbonyl (C=O) groups excluding carboxylic acids is 1. The maximum Gasteiger partial charge on any atom is 0.307 e. The summed E-state index contributed by atoms with van der Waals surface area (Å²) in [4.78, 5) is 23.4. The van der Waals surface area contributed by atoms with Gasteiger partial charge in [0.1, 0.15) is 0 Å². The highest BCUT2D eigenvalue weighted by atomic mass is 16.4. The van der Waals surface area contributed by atoms with E-state index in [0.717, 1.165) is 38.5 Å². The second kappa shape index (κ2) is 7.07. The molecule has 114 valence electrons. The number of amides is 1. The van der Waals surface area contributed by atoms with Gasteiger partial charge in [0.15, 0.2) is 0 Å². The number of hydrogen-bond donors (Lipinski definition) is 3. The summed E-state index contributed by atoms with van der Waals surface area (Å²) in [6.07, 6.45) is 6.51. The Morgan fingerprint density at radius 1 is 1.00 bits per heavy atom. The van der Waals surface area contributed by atoms with E-state index in [2.05, 4.69) is 5.32 Å². The summed E-state index contributed by atoms with van der Waals surface area (Å²) in [7, 11) is 0. The lowest BCUT2D eigenvalue weighted by molar-refractivity contribution is -0.149. The first-order valence-corrected chi connectivity index (χ1v) is 7.76. The average molecular weight is 283 g/mol. The van der Waals surface area contributed by atoms with Crippen LogP contribution < -0.4 is 5.32 Å². The van der Waals surface area contributed by atoms with Crippen LogP contribution in [0.15, 0.2) is 0 Å². The monoisotopic (exact) mass is 283 g/mol. The molecule has 4 unspecified atom stereocenters. The van der Waals surface area contributed by atoms with Gasteiger partial charge in [-0.1, -0.05) is 19.3 Å². The molecule has 2 rings (SSSR count). The van der Waals surface area contributed by atoms with Gasteiger partial charge in [-0.3, -0.25) is 9.59 Å². The third-order valence-electron chi connectivity index (χ3n) is 4.74. The molecule has 20 heavy (non-hydrogen) atoms. The van der Waals surface area contributed by atoms with Gasteiger partial charge in [0.25, 0.3) is 0 Å². The maximum absolute atomic E-state index is 12.2. The summed E-state index contributed by atoms with van der Waals surface area (Å²) in [5, 5.41) is 21.7. The zero-order valence-electron chi connectivity index (χ0n) is 11.9. The van der Waals surface area contributed by atoms with E-state index in [1.54, 1.807) is 0 Å². The molecule has 0 bridgehead atoms. The van der Waals surface area contributed by atoms with Gasteiger partial charge in [0.2, 0.25) is 5.91 Å². The van der Waals surface area contributed by atoms with Gasteiger partial charge in [-0.15, -0.1) is 0 Å². The molecule has 2 aliphatic rings. The highest BCUT2D eigenvalue weighted by Gasteiger charge is 2.35. The minimum atomic E-state index is -0.849. The van der Waals surface area contributed by atoms with Crippen LogP contribution >= 0.6 is 0 Å². The molecule has 1 amide bonds. The van der Waals surface area contributed by atoms with E-state index in [1.165, 1.54) is 0 Å². The van der Waals surface area contributed by atoms with Crippen molar-refractivity contribution in [3.8, 4) is 0 Å². The van der Waals surface area contributed by atoms with E-state index < -0.39 is 11.9 Å². The number of rotatable bonds is 4. The second-order valence-corrected chi connectivity index (χ2v) is 6.27. The fraction of sp³-hybridized carbons (Fsp3) is 0.867. The Bertz CT molecular complexity index is 358. The molecule has 2 aliphatic carbocycles. The number of nitrogens with one attached hydrogen (secondary N) is 1. The van der Waals surface area contributed by atoms with Crippen molar-refractivity contribution in [1.29, 1.82) is 0 Å². The van der Waals surface area contributed by atoms with Gasteiger partial charge < -0.3 is 15.5 Å². The quantitative estimate of drug-likeness (QED) is 0.730. The fourth-order valence-electron chi connectivity index (χ4n) is 3.56. The van der Waals surface area contributed by atoms with Crippen LogP contribution in [0.4, 0.5) is 0 Å². The van der Waals surface area contributed by atoms with Crippen LogP contribution in [-0.4, -0.2) is 34.7 Å². The van der Waals surface area contributed by atoms with Gasteiger partial charge >= 0.3 is 5.97 Å². The van der Waals surface area contributed by atoms with E-state index in [-0.39, 0.29) is 17.9 Å². The Morgan fingerprint density at radius 3 is 2.35 bits per heavy atom. The van der Waals surface area contributed by atoms with Crippen LogP contribution in [0.25, 0.3) is 0 Å². The smallest absolute Gasteiger partial charge is 0.307 e. The molecular formula is C15H25NO4. The number of aliphatic hydroxyl groups excluding tert-OH is 1. The summed E-state index contributed by atoms with van der Waals surface area (Å²) in [5.74, 6) is -1.54. The first-order chi connectivity index (χ1) is 9.58. The fourth-order valence-corrected chi connectivity index (χ4v) is 3.56. The van der Waals surface area contributed by atoms with Crippen LogP contribution in [0.5, 0.6) is 0 Å². The largest absolute Gasteiger partial charge is 0.481 e. The molecule has 0 radical (unpaired) electrons. The van der Waals surface area contributed by atoms with Crippen molar-refractivity contribution in [3.63, 3.8) is 0 Å². The molecule has 0 spiro atoms. The van der Waals surface area contributed by atoms with Gasteiger partial charge in [-0.2, -0.15) is 0 Å². The molecule has 0 aromatic rings. The van der Waals surface area contributed by atoms with Crippen LogP contribution in [0.3, 0.4) is 0 Å². The van der Waals surface area contributed by atoms with Crippen molar-refractivity contribution in [2.75, 3.05) is 6.54 Å². The Kier molecular flexibility index (Phi) is 5.40. The Hall–Kier alpha value is -1.10. The zero-order chi connectivity index (χ0) is 14.5. The van der Waals surface area contributed by atoms with Crippen molar-refractivity contribution in [2.24, 2.45) is 17.8 Å². The number of aliphatic hydroxyl groups is 1. The highest BCUT2D eigenvalue weighted by Crippen LogP contribution is 2.30. The first-order valence-electron chi connectivity index (χ1n) is 7.76. The van der Waals surface area contributed by atoms with Gasteiger partial charge in [0, 0.05) is 6.54 Å². The molecule has 0 aromatic heterocycles. The van der Waals surface area contributed by atoms with Crippen molar-refractivity contribution in [2.45, 2.75) is 57.5 Å². The molecule has 0 saturated heterocycles.